The fraction of sp³-hybridized carbons (Fsp3) is 0.500. The van der Waals surface area contributed by atoms with Crippen molar-refractivity contribution in [1.29, 1.82) is 0 Å². The number of rotatable bonds is 7. The van der Waals surface area contributed by atoms with E-state index in [4.69, 9.17) is 20.4 Å². The molecule has 0 unspecified atom stereocenters. The third-order valence-electron chi connectivity index (χ3n) is 3.87. The van der Waals surface area contributed by atoms with Crippen molar-refractivity contribution < 1.29 is 42.2 Å². The van der Waals surface area contributed by atoms with Gasteiger partial charge < -0.3 is 26.2 Å². The SMILES string of the molecule is CNC(=O)[C@@H](NC(=O)[C@H](N)CC(=O)OCc1ccccc1)C(C)(C)C.O=C(O)C(F)(F)F. The van der Waals surface area contributed by atoms with E-state index in [9.17, 15) is 27.6 Å². The molecule has 180 valence electrons. The number of carbonyl (C=O) groups excluding carboxylic acids is 3. The lowest BCUT2D eigenvalue weighted by molar-refractivity contribution is -0.192. The third-order valence-corrected chi connectivity index (χ3v) is 3.87. The second kappa shape index (κ2) is 12.6. The van der Waals surface area contributed by atoms with Crippen LogP contribution in [-0.2, 0) is 30.5 Å². The predicted octanol–water partition coefficient (Wildman–Crippen LogP) is 1.36. The van der Waals surface area contributed by atoms with Crippen molar-refractivity contribution in [2.75, 3.05) is 7.05 Å². The topological polar surface area (TPSA) is 148 Å². The average molecular weight is 463 g/mol. The molecule has 1 rings (SSSR count). The Morgan fingerprint density at radius 1 is 1.06 bits per heavy atom. The van der Waals surface area contributed by atoms with Gasteiger partial charge in [0, 0.05) is 7.05 Å². The maximum Gasteiger partial charge on any atom is 0.490 e. The van der Waals surface area contributed by atoms with E-state index >= 15 is 0 Å². The quantitative estimate of drug-likeness (QED) is 0.446. The Hall–Kier alpha value is -3.15. The molecule has 0 saturated carbocycles. The van der Waals surface area contributed by atoms with E-state index < -0.39 is 41.5 Å². The van der Waals surface area contributed by atoms with Crippen LogP contribution in [0.25, 0.3) is 0 Å². The Balaban J connectivity index is 0.00000118. The van der Waals surface area contributed by atoms with Crippen LogP contribution in [0.2, 0.25) is 0 Å². The summed E-state index contributed by atoms with van der Waals surface area (Å²) in [5.74, 6) is -4.22. The molecule has 2 amide bonds. The molecule has 0 aliphatic heterocycles. The van der Waals surface area contributed by atoms with E-state index in [0.717, 1.165) is 5.56 Å². The summed E-state index contributed by atoms with van der Waals surface area (Å²) in [6, 6.07) is 7.37. The van der Waals surface area contributed by atoms with Gasteiger partial charge in [-0.2, -0.15) is 13.2 Å². The number of likely N-dealkylation sites (N-methyl/N-ethyl adjacent to an activating group) is 1. The summed E-state index contributed by atoms with van der Waals surface area (Å²) < 4.78 is 36.8. The Morgan fingerprint density at radius 3 is 1.97 bits per heavy atom. The summed E-state index contributed by atoms with van der Waals surface area (Å²) in [4.78, 5) is 44.9. The van der Waals surface area contributed by atoms with Crippen molar-refractivity contribution in [3.05, 3.63) is 35.9 Å². The molecule has 1 aromatic carbocycles. The van der Waals surface area contributed by atoms with Gasteiger partial charge in [0.05, 0.1) is 12.5 Å². The van der Waals surface area contributed by atoms with Gasteiger partial charge in [0.25, 0.3) is 0 Å². The summed E-state index contributed by atoms with van der Waals surface area (Å²) in [5, 5.41) is 12.2. The number of alkyl halides is 3. The van der Waals surface area contributed by atoms with Gasteiger partial charge in [0.1, 0.15) is 12.6 Å². The largest absolute Gasteiger partial charge is 0.490 e. The van der Waals surface area contributed by atoms with Gasteiger partial charge in [0.15, 0.2) is 0 Å². The maximum absolute atomic E-state index is 12.2. The zero-order valence-corrected chi connectivity index (χ0v) is 18.2. The summed E-state index contributed by atoms with van der Waals surface area (Å²) in [7, 11) is 1.49. The number of nitrogens with one attached hydrogen (secondary N) is 2. The van der Waals surface area contributed by atoms with Crippen LogP contribution in [-0.4, -0.2) is 54.2 Å². The first-order valence-electron chi connectivity index (χ1n) is 9.36. The van der Waals surface area contributed by atoms with E-state index in [0.29, 0.717) is 0 Å². The van der Waals surface area contributed by atoms with Gasteiger partial charge in [0.2, 0.25) is 11.8 Å². The Morgan fingerprint density at radius 2 is 1.56 bits per heavy atom. The van der Waals surface area contributed by atoms with Gasteiger partial charge in [-0.05, 0) is 11.0 Å². The van der Waals surface area contributed by atoms with Gasteiger partial charge in [-0.1, -0.05) is 51.1 Å². The number of carbonyl (C=O) groups is 4. The lowest BCUT2D eigenvalue weighted by Crippen LogP contribution is -2.56. The number of carboxylic acids is 1. The molecule has 0 heterocycles. The van der Waals surface area contributed by atoms with Crippen LogP contribution >= 0.6 is 0 Å². The second-order valence-electron chi connectivity index (χ2n) is 7.68. The van der Waals surface area contributed by atoms with Gasteiger partial charge in [-0.3, -0.25) is 14.4 Å². The molecule has 0 radical (unpaired) electrons. The molecule has 0 spiro atoms. The van der Waals surface area contributed by atoms with Crippen LogP contribution in [0.5, 0.6) is 0 Å². The second-order valence-corrected chi connectivity index (χ2v) is 7.68. The molecule has 2 atom stereocenters. The number of ether oxygens (including phenoxy) is 1. The van der Waals surface area contributed by atoms with Crippen molar-refractivity contribution in [2.45, 2.75) is 52.1 Å². The van der Waals surface area contributed by atoms with Crippen LogP contribution < -0.4 is 16.4 Å². The van der Waals surface area contributed by atoms with Crippen LogP contribution in [0.3, 0.4) is 0 Å². The lowest BCUT2D eigenvalue weighted by Gasteiger charge is -2.30. The summed E-state index contributed by atoms with van der Waals surface area (Å²) in [6.45, 7) is 5.60. The van der Waals surface area contributed by atoms with Crippen molar-refractivity contribution in [1.82, 2.24) is 10.6 Å². The fourth-order valence-electron chi connectivity index (χ4n) is 2.14. The first kappa shape index (κ1) is 28.9. The molecule has 5 N–H and O–H groups in total. The molecule has 0 bridgehead atoms. The Kier molecular flexibility index (Phi) is 11.4. The third kappa shape index (κ3) is 11.3. The molecule has 0 aliphatic carbocycles. The van der Waals surface area contributed by atoms with Crippen LogP contribution in [0, 0.1) is 5.41 Å². The molecule has 12 heteroatoms. The average Bonchev–Trinajstić information content (AvgIpc) is 2.69. The Bertz CT molecular complexity index is 779. The highest BCUT2D eigenvalue weighted by atomic mass is 19.4. The minimum atomic E-state index is -5.08. The zero-order valence-electron chi connectivity index (χ0n) is 18.2. The number of aliphatic carboxylic acids is 1. The van der Waals surface area contributed by atoms with E-state index in [2.05, 4.69) is 10.6 Å². The van der Waals surface area contributed by atoms with Crippen molar-refractivity contribution in [3.63, 3.8) is 0 Å². The number of hydrogen-bond acceptors (Lipinski definition) is 6. The van der Waals surface area contributed by atoms with Crippen LogP contribution in [0.1, 0.15) is 32.8 Å². The van der Waals surface area contributed by atoms with E-state index in [-0.39, 0.29) is 18.9 Å². The van der Waals surface area contributed by atoms with Crippen LogP contribution in [0.15, 0.2) is 30.3 Å². The number of benzene rings is 1. The number of halogens is 3. The van der Waals surface area contributed by atoms with E-state index in [1.54, 1.807) is 0 Å². The number of amides is 2. The number of hydrogen-bond donors (Lipinski definition) is 4. The summed E-state index contributed by atoms with van der Waals surface area (Å²) in [5.41, 5.74) is 6.13. The summed E-state index contributed by atoms with van der Waals surface area (Å²) >= 11 is 0. The molecule has 0 aromatic heterocycles. The highest BCUT2D eigenvalue weighted by molar-refractivity contribution is 5.91. The first-order chi connectivity index (χ1) is 14.6. The molecule has 0 saturated heterocycles. The molecular weight excluding hydrogens is 435 g/mol. The van der Waals surface area contributed by atoms with Gasteiger partial charge in [-0.15, -0.1) is 0 Å². The predicted molar refractivity (Wildman–Crippen MR) is 108 cm³/mol. The maximum atomic E-state index is 12.2. The zero-order chi connectivity index (χ0) is 25.1. The summed E-state index contributed by atoms with van der Waals surface area (Å²) in [6.07, 6.45) is -5.34. The monoisotopic (exact) mass is 463 g/mol. The number of carboxylic acid groups (broad SMARTS) is 1. The smallest absolute Gasteiger partial charge is 0.475 e. The highest BCUT2D eigenvalue weighted by Crippen LogP contribution is 2.19. The highest BCUT2D eigenvalue weighted by Gasteiger charge is 2.38. The van der Waals surface area contributed by atoms with Crippen LogP contribution in [0.4, 0.5) is 13.2 Å². The molecular formula is C20H28F3N3O6. The standard InChI is InChI=1S/C18H27N3O4.C2HF3O2/c1-18(2,3)15(17(24)20-4)21-16(23)13(19)10-14(22)25-11-12-8-6-5-7-9-12;3-2(4,5)1(6)7/h5-9,13,15H,10-11,19H2,1-4H3,(H,20,24)(H,21,23);(H,6,7)/t13-,15-;/m1./s1. The minimum Gasteiger partial charge on any atom is -0.475 e. The Labute approximate surface area is 183 Å². The number of esters is 1. The van der Waals surface area contributed by atoms with E-state index in [1.165, 1.54) is 7.05 Å². The lowest BCUT2D eigenvalue weighted by atomic mass is 9.86. The molecule has 0 aliphatic rings. The fourth-order valence-corrected chi connectivity index (χ4v) is 2.14. The van der Waals surface area contributed by atoms with Crippen molar-refractivity contribution in [2.24, 2.45) is 11.1 Å². The van der Waals surface area contributed by atoms with Gasteiger partial charge in [-0.25, -0.2) is 4.79 Å². The minimum absolute atomic E-state index is 0.122. The normalized spacial score (nSPS) is 13.0. The van der Waals surface area contributed by atoms with Gasteiger partial charge >= 0.3 is 18.1 Å². The molecule has 32 heavy (non-hydrogen) atoms. The van der Waals surface area contributed by atoms with Crippen molar-refractivity contribution in [3.8, 4) is 0 Å². The molecule has 1 aromatic rings. The first-order valence-corrected chi connectivity index (χ1v) is 9.36. The van der Waals surface area contributed by atoms with Crippen molar-refractivity contribution >= 4 is 23.8 Å². The van der Waals surface area contributed by atoms with E-state index in [1.807, 2.05) is 51.1 Å². The molecule has 0 fully saturated rings. The molecule has 9 nitrogen and oxygen atoms in total. The number of nitrogens with two attached hydrogens (primary N) is 1.